The molecule has 0 aliphatic rings. The van der Waals surface area contributed by atoms with Gasteiger partial charge in [-0.05, 0) is 23.1 Å². The summed E-state index contributed by atoms with van der Waals surface area (Å²) < 4.78 is 10.9. The fraction of sp³-hybridized carbons (Fsp3) is 0.0500. The molecule has 2 aromatic heterocycles. The number of hydrogen-bond acceptors (Lipinski definition) is 6. The maximum atomic E-state index is 12.1. The smallest absolute Gasteiger partial charge is 0.344 e. The Bertz CT molecular complexity index is 1170. The Morgan fingerprint density at radius 1 is 1.04 bits per heavy atom. The largest absolute Gasteiger partial charge is 0.417 e. The average Bonchev–Trinajstić information content (AvgIpc) is 3.10. The standard InChI is InChI=1S/C20H13N3O3/c21-11-16-18(22-12-13-6-2-1-3-7-13)26-19(23-16)17-10-14-8-4-5-9-15(14)20(24)25-17/h1-10,22H,12H2. The van der Waals surface area contributed by atoms with E-state index in [9.17, 15) is 10.1 Å². The van der Waals surface area contributed by atoms with Crippen molar-refractivity contribution < 1.29 is 8.83 Å². The molecule has 0 spiro atoms. The zero-order valence-corrected chi connectivity index (χ0v) is 13.6. The zero-order chi connectivity index (χ0) is 17.9. The molecule has 4 rings (SSSR count). The van der Waals surface area contributed by atoms with Gasteiger partial charge < -0.3 is 14.2 Å². The summed E-state index contributed by atoms with van der Waals surface area (Å²) in [7, 11) is 0. The summed E-state index contributed by atoms with van der Waals surface area (Å²) >= 11 is 0. The number of hydrogen-bond donors (Lipinski definition) is 1. The lowest BCUT2D eigenvalue weighted by Gasteiger charge is -2.02. The van der Waals surface area contributed by atoms with Crippen molar-refractivity contribution in [3.63, 3.8) is 0 Å². The van der Waals surface area contributed by atoms with Gasteiger partial charge in [-0.1, -0.05) is 48.5 Å². The third-order valence-corrected chi connectivity index (χ3v) is 3.91. The number of fused-ring (bicyclic) bond motifs is 1. The van der Waals surface area contributed by atoms with Gasteiger partial charge in [0.2, 0.25) is 11.6 Å². The van der Waals surface area contributed by atoms with E-state index in [-0.39, 0.29) is 23.2 Å². The fourth-order valence-electron chi connectivity index (χ4n) is 2.64. The summed E-state index contributed by atoms with van der Waals surface area (Å²) in [5, 5.41) is 13.5. The van der Waals surface area contributed by atoms with Gasteiger partial charge in [-0.2, -0.15) is 10.2 Å². The molecule has 6 heteroatoms. The topological polar surface area (TPSA) is 92.1 Å². The van der Waals surface area contributed by atoms with E-state index in [4.69, 9.17) is 8.83 Å². The highest BCUT2D eigenvalue weighted by molar-refractivity contribution is 5.83. The molecule has 0 unspecified atom stereocenters. The quantitative estimate of drug-likeness (QED) is 0.603. The third kappa shape index (κ3) is 2.94. The molecule has 2 aromatic carbocycles. The summed E-state index contributed by atoms with van der Waals surface area (Å²) in [4.78, 5) is 16.3. The van der Waals surface area contributed by atoms with Crippen LogP contribution in [0.1, 0.15) is 11.3 Å². The first kappa shape index (κ1) is 15.7. The van der Waals surface area contributed by atoms with E-state index in [1.165, 1.54) is 0 Å². The molecular formula is C20H13N3O3. The number of anilines is 1. The molecule has 0 saturated heterocycles. The van der Waals surface area contributed by atoms with E-state index in [0.717, 1.165) is 5.56 Å². The third-order valence-electron chi connectivity index (χ3n) is 3.91. The highest BCUT2D eigenvalue weighted by atomic mass is 16.4. The van der Waals surface area contributed by atoms with Gasteiger partial charge in [0.15, 0.2) is 5.76 Å². The van der Waals surface area contributed by atoms with Crippen molar-refractivity contribution in [3.8, 4) is 17.7 Å². The Morgan fingerprint density at radius 2 is 1.81 bits per heavy atom. The molecule has 4 aromatic rings. The minimum absolute atomic E-state index is 0.0833. The molecule has 0 bridgehead atoms. The first-order valence-electron chi connectivity index (χ1n) is 7.96. The van der Waals surface area contributed by atoms with Crippen LogP contribution in [0.5, 0.6) is 0 Å². The lowest BCUT2D eigenvalue weighted by atomic mass is 10.2. The van der Waals surface area contributed by atoms with E-state index in [0.29, 0.717) is 17.3 Å². The van der Waals surface area contributed by atoms with Crippen LogP contribution in [0.15, 0.2) is 74.3 Å². The lowest BCUT2D eigenvalue weighted by Crippen LogP contribution is -2.00. The van der Waals surface area contributed by atoms with Crippen molar-refractivity contribution in [2.75, 3.05) is 5.32 Å². The Morgan fingerprint density at radius 3 is 2.62 bits per heavy atom. The second-order valence-electron chi connectivity index (χ2n) is 5.63. The molecule has 6 nitrogen and oxygen atoms in total. The number of oxazole rings is 1. The van der Waals surface area contributed by atoms with Crippen LogP contribution in [0.2, 0.25) is 0 Å². The van der Waals surface area contributed by atoms with Gasteiger partial charge in [-0.25, -0.2) is 4.79 Å². The van der Waals surface area contributed by atoms with Crippen LogP contribution in [0.3, 0.4) is 0 Å². The number of nitriles is 1. The van der Waals surface area contributed by atoms with Gasteiger partial charge in [0.1, 0.15) is 6.07 Å². The van der Waals surface area contributed by atoms with Crippen LogP contribution in [0.4, 0.5) is 5.88 Å². The number of nitrogens with zero attached hydrogens (tertiary/aromatic N) is 2. The van der Waals surface area contributed by atoms with Crippen molar-refractivity contribution in [2.45, 2.75) is 6.54 Å². The van der Waals surface area contributed by atoms with Crippen molar-refractivity contribution in [1.82, 2.24) is 4.98 Å². The molecule has 2 heterocycles. The van der Waals surface area contributed by atoms with Gasteiger partial charge in [0.05, 0.1) is 5.39 Å². The second kappa shape index (κ2) is 6.57. The molecule has 1 N–H and O–H groups in total. The van der Waals surface area contributed by atoms with Gasteiger partial charge in [-0.3, -0.25) is 0 Å². The van der Waals surface area contributed by atoms with Crippen molar-refractivity contribution >= 4 is 16.7 Å². The zero-order valence-electron chi connectivity index (χ0n) is 13.6. The SMILES string of the molecule is N#Cc1nc(-c2cc3ccccc3c(=O)o2)oc1NCc1ccccc1. The van der Waals surface area contributed by atoms with E-state index >= 15 is 0 Å². The number of benzene rings is 2. The molecule has 26 heavy (non-hydrogen) atoms. The average molecular weight is 343 g/mol. The monoisotopic (exact) mass is 343 g/mol. The molecule has 126 valence electrons. The molecule has 0 saturated carbocycles. The predicted molar refractivity (Wildman–Crippen MR) is 96.5 cm³/mol. The van der Waals surface area contributed by atoms with Crippen molar-refractivity contribution in [3.05, 3.63) is 82.3 Å². The van der Waals surface area contributed by atoms with E-state index in [2.05, 4.69) is 10.3 Å². The summed E-state index contributed by atoms with van der Waals surface area (Å²) in [6, 6.07) is 20.4. The van der Waals surface area contributed by atoms with E-state index < -0.39 is 5.63 Å². The van der Waals surface area contributed by atoms with Gasteiger partial charge in [0, 0.05) is 6.54 Å². The molecule has 0 aliphatic heterocycles. The normalized spacial score (nSPS) is 10.6. The summed E-state index contributed by atoms with van der Waals surface area (Å²) in [5.74, 6) is 0.500. The highest BCUT2D eigenvalue weighted by Gasteiger charge is 2.17. The number of nitrogens with one attached hydrogen (secondary N) is 1. The van der Waals surface area contributed by atoms with Crippen molar-refractivity contribution in [2.24, 2.45) is 0 Å². The lowest BCUT2D eigenvalue weighted by molar-refractivity contribution is 0.494. The maximum Gasteiger partial charge on any atom is 0.344 e. The van der Waals surface area contributed by atoms with Crippen LogP contribution < -0.4 is 10.9 Å². The molecule has 0 aliphatic carbocycles. The van der Waals surface area contributed by atoms with Crippen LogP contribution in [-0.4, -0.2) is 4.98 Å². The Balaban J connectivity index is 1.69. The number of aromatic nitrogens is 1. The summed E-state index contributed by atoms with van der Waals surface area (Å²) in [5.41, 5.74) is 0.659. The first-order valence-corrected chi connectivity index (χ1v) is 7.96. The summed E-state index contributed by atoms with van der Waals surface area (Å²) in [6.45, 7) is 0.478. The minimum atomic E-state index is -0.478. The fourth-order valence-corrected chi connectivity index (χ4v) is 2.64. The van der Waals surface area contributed by atoms with E-state index in [1.807, 2.05) is 42.5 Å². The van der Waals surface area contributed by atoms with Gasteiger partial charge in [-0.15, -0.1) is 0 Å². The van der Waals surface area contributed by atoms with Gasteiger partial charge in [0.25, 0.3) is 5.89 Å². The van der Waals surface area contributed by atoms with Crippen LogP contribution in [-0.2, 0) is 6.54 Å². The molecule has 0 radical (unpaired) electrons. The molecular weight excluding hydrogens is 330 g/mol. The predicted octanol–water partition coefficient (Wildman–Crippen LogP) is 3.93. The first-order chi connectivity index (χ1) is 12.7. The van der Waals surface area contributed by atoms with Crippen LogP contribution >= 0.6 is 0 Å². The minimum Gasteiger partial charge on any atom is -0.417 e. The van der Waals surface area contributed by atoms with Crippen LogP contribution in [0.25, 0.3) is 22.4 Å². The maximum absolute atomic E-state index is 12.1. The van der Waals surface area contributed by atoms with Crippen molar-refractivity contribution in [1.29, 1.82) is 5.26 Å². The molecule has 0 fully saturated rings. The Hall–Kier alpha value is -3.85. The highest BCUT2D eigenvalue weighted by Crippen LogP contribution is 2.26. The van der Waals surface area contributed by atoms with Gasteiger partial charge >= 0.3 is 5.63 Å². The van der Waals surface area contributed by atoms with Crippen LogP contribution in [0, 0.1) is 11.3 Å². The summed E-state index contributed by atoms with van der Waals surface area (Å²) in [6.07, 6.45) is 0. The van der Waals surface area contributed by atoms with E-state index in [1.54, 1.807) is 24.3 Å². The molecule has 0 atom stereocenters. The Kier molecular flexibility index (Phi) is 3.96. The molecule has 0 amide bonds. The second-order valence-corrected chi connectivity index (χ2v) is 5.63. The Labute approximate surface area is 148 Å². The number of rotatable bonds is 4.